The molecule has 0 fully saturated rings. The van der Waals surface area contributed by atoms with Crippen molar-refractivity contribution in [2.24, 2.45) is 0 Å². The molecule has 4 rings (SSSR count). The van der Waals surface area contributed by atoms with Crippen molar-refractivity contribution in [2.45, 2.75) is 0 Å². The number of anilines is 2. The summed E-state index contributed by atoms with van der Waals surface area (Å²) < 4.78 is 0. The van der Waals surface area contributed by atoms with E-state index in [9.17, 15) is 4.79 Å². The van der Waals surface area contributed by atoms with Gasteiger partial charge in [0.15, 0.2) is 4.83 Å². The second-order valence-electron chi connectivity index (χ2n) is 5.48. The number of nitrogens with zero attached hydrogens (tertiary/aromatic N) is 1. The summed E-state index contributed by atoms with van der Waals surface area (Å²) in [6, 6.07) is 18.9. The van der Waals surface area contributed by atoms with E-state index in [1.807, 2.05) is 24.3 Å². The third-order valence-electron chi connectivity index (χ3n) is 3.81. The molecular formula is C19H14ClN3O2S. The van der Waals surface area contributed by atoms with Crippen LogP contribution in [0, 0.1) is 0 Å². The van der Waals surface area contributed by atoms with Gasteiger partial charge in [-0.3, -0.25) is 0 Å². The fourth-order valence-corrected chi connectivity index (χ4v) is 3.64. The number of hydrogen-bond donors (Lipinski definition) is 2. The Labute approximate surface area is 159 Å². The van der Waals surface area contributed by atoms with E-state index in [1.165, 1.54) is 0 Å². The Hall–Kier alpha value is -2.96. The largest absolute Gasteiger partial charge is 1.00 e. The molecule has 0 bridgehead atoms. The average Bonchev–Trinajstić information content (AvgIpc) is 3.08. The third-order valence-corrected chi connectivity index (χ3v) is 4.92. The second kappa shape index (κ2) is 7.51. The highest BCUT2D eigenvalue weighted by Crippen LogP contribution is 2.34. The van der Waals surface area contributed by atoms with Gasteiger partial charge in [0, 0.05) is 10.6 Å². The summed E-state index contributed by atoms with van der Waals surface area (Å²) in [5, 5.41) is 13.3. The van der Waals surface area contributed by atoms with Crippen LogP contribution in [-0.2, 0) is 0 Å². The fraction of sp³-hybridized carbons (Fsp3) is 0. The molecule has 0 unspecified atom stereocenters. The number of fused-ring (bicyclic) bond motifs is 1. The van der Waals surface area contributed by atoms with Gasteiger partial charge in [0.25, 0.3) is 12.1 Å². The molecule has 4 aromatic rings. The van der Waals surface area contributed by atoms with Gasteiger partial charge in [0.05, 0.1) is 5.56 Å². The van der Waals surface area contributed by atoms with Crippen LogP contribution in [0.3, 0.4) is 0 Å². The predicted molar refractivity (Wildman–Crippen MR) is 98.3 cm³/mol. The molecule has 0 atom stereocenters. The standard InChI is InChI=1S/C19H13N3O2S.ClH/c23-19(24)13-7-4-8-14(9-13)22-17-15-10-16(12-5-2-1-3-6-12)25-18(15)21-11-20-17;/h1-11H,(H,23,24)(H,20,21,22);1H. The van der Waals surface area contributed by atoms with Gasteiger partial charge in [-0.2, -0.15) is 0 Å². The molecule has 0 saturated carbocycles. The first-order valence-corrected chi connectivity index (χ1v) is 8.48. The molecule has 2 aromatic carbocycles. The molecule has 2 heterocycles. The number of halogens is 1. The summed E-state index contributed by atoms with van der Waals surface area (Å²) in [6.45, 7) is 0. The van der Waals surface area contributed by atoms with Crippen LogP contribution in [0.5, 0.6) is 0 Å². The Morgan fingerprint density at radius 3 is 2.65 bits per heavy atom. The fourth-order valence-electron chi connectivity index (χ4n) is 2.61. The smallest absolute Gasteiger partial charge is 0.335 e. The van der Waals surface area contributed by atoms with Gasteiger partial charge in [-0.1, -0.05) is 47.7 Å². The van der Waals surface area contributed by atoms with Crippen molar-refractivity contribution in [3.8, 4) is 10.4 Å². The molecule has 26 heavy (non-hydrogen) atoms. The van der Waals surface area contributed by atoms with Crippen molar-refractivity contribution in [1.82, 2.24) is 4.98 Å². The van der Waals surface area contributed by atoms with Crippen LogP contribution in [0.15, 0.2) is 67.0 Å². The summed E-state index contributed by atoms with van der Waals surface area (Å²) in [5.41, 5.74) is 2.07. The number of hydrogen-bond acceptors (Lipinski definition) is 4. The minimum absolute atomic E-state index is 0. The van der Waals surface area contributed by atoms with E-state index in [-0.39, 0.29) is 18.0 Å². The maximum absolute atomic E-state index is 11.1. The number of carbonyl (C=O) groups is 1. The number of thiophene rings is 1. The highest BCUT2D eigenvalue weighted by atomic mass is 35.5. The van der Waals surface area contributed by atoms with Crippen molar-refractivity contribution in [1.29, 1.82) is 0 Å². The summed E-state index contributed by atoms with van der Waals surface area (Å²) >= 11 is 1.65. The molecule has 0 aliphatic heterocycles. The normalized spacial score (nSPS) is 10.3. The Bertz CT molecular complexity index is 1070. The van der Waals surface area contributed by atoms with Crippen LogP contribution in [0.2, 0.25) is 0 Å². The van der Waals surface area contributed by atoms with Crippen LogP contribution in [0.25, 0.3) is 20.7 Å². The molecule has 0 aliphatic rings. The Morgan fingerprint density at radius 2 is 1.88 bits per heavy atom. The first-order valence-electron chi connectivity index (χ1n) is 7.67. The maximum Gasteiger partial charge on any atom is 0.335 e. The zero-order valence-corrected chi connectivity index (χ0v) is 15.0. The number of carboxylic acid groups (broad SMARTS) is 1. The number of carboxylic acids is 1. The Kier molecular flexibility index (Phi) is 5.16. The van der Waals surface area contributed by atoms with E-state index < -0.39 is 5.97 Å². The van der Waals surface area contributed by atoms with Crippen molar-refractivity contribution in [2.75, 3.05) is 5.32 Å². The number of nitrogens with one attached hydrogen (secondary N) is 2. The van der Waals surface area contributed by atoms with Gasteiger partial charge in [0.1, 0.15) is 5.39 Å². The van der Waals surface area contributed by atoms with Crippen LogP contribution in [-0.4, -0.2) is 16.1 Å². The van der Waals surface area contributed by atoms with E-state index in [2.05, 4.69) is 33.5 Å². The summed E-state index contributed by atoms with van der Waals surface area (Å²) in [6.07, 6.45) is 1.64. The van der Waals surface area contributed by atoms with Crippen LogP contribution in [0.1, 0.15) is 10.4 Å². The molecule has 0 saturated heterocycles. The molecule has 3 N–H and O–H groups in total. The first-order chi connectivity index (χ1) is 12.2. The Balaban J connectivity index is 0.00000196. The molecule has 0 aliphatic carbocycles. The maximum atomic E-state index is 11.1. The zero-order chi connectivity index (χ0) is 17.2. The molecular weight excluding hydrogens is 370 g/mol. The Morgan fingerprint density at radius 1 is 1.08 bits per heavy atom. The van der Waals surface area contributed by atoms with Crippen molar-refractivity contribution in [3.63, 3.8) is 0 Å². The number of aromatic nitrogens is 2. The number of H-pyrrole nitrogens is 1. The third kappa shape index (κ3) is 3.51. The molecule has 2 aromatic heterocycles. The first kappa shape index (κ1) is 17.8. The zero-order valence-electron chi connectivity index (χ0n) is 13.4. The van der Waals surface area contributed by atoms with E-state index >= 15 is 0 Å². The SMILES string of the molecule is O=C(O)c1cccc(Nc2nc[nH+]c3sc(-c4ccccc4)cc23)c1.[Cl-]. The van der Waals surface area contributed by atoms with E-state index in [0.717, 1.165) is 20.7 Å². The lowest BCUT2D eigenvalue weighted by Gasteiger charge is -2.03. The summed E-state index contributed by atoms with van der Waals surface area (Å²) in [7, 11) is 0. The topological polar surface area (TPSA) is 76.4 Å². The minimum atomic E-state index is -0.954. The molecule has 0 radical (unpaired) electrons. The summed E-state index contributed by atoms with van der Waals surface area (Å²) in [5.74, 6) is -0.264. The van der Waals surface area contributed by atoms with Crippen molar-refractivity contribution in [3.05, 3.63) is 72.6 Å². The molecule has 7 heteroatoms. The van der Waals surface area contributed by atoms with Crippen LogP contribution < -0.4 is 22.7 Å². The van der Waals surface area contributed by atoms with Crippen molar-refractivity contribution >= 4 is 39.0 Å². The van der Waals surface area contributed by atoms with Gasteiger partial charge in [-0.05, 0) is 34.8 Å². The molecule has 0 amide bonds. The summed E-state index contributed by atoms with van der Waals surface area (Å²) in [4.78, 5) is 20.8. The number of rotatable bonds is 4. The van der Waals surface area contributed by atoms with Crippen LogP contribution >= 0.6 is 11.3 Å². The van der Waals surface area contributed by atoms with Crippen molar-refractivity contribution < 1.29 is 27.3 Å². The van der Waals surface area contributed by atoms with Gasteiger partial charge < -0.3 is 22.8 Å². The second-order valence-corrected chi connectivity index (χ2v) is 6.53. The van der Waals surface area contributed by atoms with Gasteiger partial charge in [-0.15, -0.1) is 0 Å². The lowest BCUT2D eigenvalue weighted by molar-refractivity contribution is -0.346. The lowest BCUT2D eigenvalue weighted by Crippen LogP contribution is -3.00. The minimum Gasteiger partial charge on any atom is -1.00 e. The van der Waals surface area contributed by atoms with Gasteiger partial charge >= 0.3 is 5.97 Å². The molecule has 5 nitrogen and oxygen atoms in total. The highest BCUT2D eigenvalue weighted by molar-refractivity contribution is 7.21. The molecule has 0 spiro atoms. The van der Waals surface area contributed by atoms with E-state index in [0.29, 0.717) is 11.5 Å². The molecule has 130 valence electrons. The quantitative estimate of drug-likeness (QED) is 0.555. The number of aromatic carboxylic acids is 1. The van der Waals surface area contributed by atoms with Gasteiger partial charge in [-0.25, -0.2) is 9.78 Å². The number of aromatic amines is 1. The number of benzene rings is 2. The monoisotopic (exact) mass is 383 g/mol. The predicted octanol–water partition coefficient (Wildman–Crippen LogP) is 1.22. The average molecular weight is 384 g/mol. The van der Waals surface area contributed by atoms with Crippen LogP contribution in [0.4, 0.5) is 11.5 Å². The van der Waals surface area contributed by atoms with E-state index in [1.54, 1.807) is 35.9 Å². The van der Waals surface area contributed by atoms with Gasteiger partial charge in [0.2, 0.25) is 0 Å². The lowest BCUT2D eigenvalue weighted by atomic mass is 10.2. The van der Waals surface area contributed by atoms with E-state index in [4.69, 9.17) is 5.11 Å². The highest BCUT2D eigenvalue weighted by Gasteiger charge is 2.15.